The van der Waals surface area contributed by atoms with Gasteiger partial charge >= 0.3 is 0 Å². The number of carbonyl (C=O) groups is 1. The van der Waals surface area contributed by atoms with Crippen LogP contribution in [0.3, 0.4) is 0 Å². The molecule has 3 nitrogen and oxygen atoms in total. The summed E-state index contributed by atoms with van der Waals surface area (Å²) in [6.07, 6.45) is 3.89. The number of hydrogen-bond donors (Lipinski definition) is 0. The molecule has 16 heavy (non-hydrogen) atoms. The van der Waals surface area contributed by atoms with Crippen LogP contribution in [0.2, 0.25) is 0 Å². The predicted molar refractivity (Wildman–Crippen MR) is 65.5 cm³/mol. The maximum absolute atomic E-state index is 11.8. The minimum Gasteiger partial charge on any atom is -0.299 e. The van der Waals surface area contributed by atoms with Gasteiger partial charge in [0.15, 0.2) is 0 Å². The van der Waals surface area contributed by atoms with Gasteiger partial charge in [0.05, 0.1) is 6.54 Å². The summed E-state index contributed by atoms with van der Waals surface area (Å²) in [5, 5.41) is 0. The van der Waals surface area contributed by atoms with Gasteiger partial charge in [-0.15, -0.1) is 0 Å². The summed E-state index contributed by atoms with van der Waals surface area (Å²) in [6, 6.07) is 0.725. The molecule has 2 aliphatic heterocycles. The maximum atomic E-state index is 11.8. The van der Waals surface area contributed by atoms with Gasteiger partial charge in [0, 0.05) is 18.5 Å². The number of carbonyl (C=O) groups excluding carboxylic acids is 1. The maximum Gasteiger partial charge on any atom is 0.149 e. The Balaban J connectivity index is 1.88. The van der Waals surface area contributed by atoms with Crippen molar-refractivity contribution in [1.82, 2.24) is 9.80 Å². The summed E-state index contributed by atoms with van der Waals surface area (Å²) in [7, 11) is 0. The molecule has 1 unspecified atom stereocenters. The van der Waals surface area contributed by atoms with Crippen LogP contribution >= 0.6 is 0 Å². The van der Waals surface area contributed by atoms with Crippen molar-refractivity contribution in [3.8, 4) is 0 Å². The average Bonchev–Trinajstić information content (AvgIpc) is 2.57. The molecule has 2 aliphatic rings. The van der Waals surface area contributed by atoms with Gasteiger partial charge in [-0.1, -0.05) is 13.8 Å². The molecular weight excluding hydrogens is 200 g/mol. The minimum atomic E-state index is 0.183. The summed E-state index contributed by atoms with van der Waals surface area (Å²) in [6.45, 7) is 9.39. The highest BCUT2D eigenvalue weighted by Crippen LogP contribution is 2.21. The van der Waals surface area contributed by atoms with E-state index in [1.165, 1.54) is 32.4 Å². The van der Waals surface area contributed by atoms with Crippen LogP contribution in [0.5, 0.6) is 0 Å². The molecule has 2 rings (SSSR count). The van der Waals surface area contributed by atoms with E-state index in [-0.39, 0.29) is 5.92 Å². The molecular formula is C13H24N2O. The zero-order chi connectivity index (χ0) is 11.5. The summed E-state index contributed by atoms with van der Waals surface area (Å²) >= 11 is 0. The van der Waals surface area contributed by atoms with Gasteiger partial charge in [-0.3, -0.25) is 14.6 Å². The van der Waals surface area contributed by atoms with E-state index < -0.39 is 0 Å². The Morgan fingerprint density at radius 3 is 2.75 bits per heavy atom. The molecule has 0 bridgehead atoms. The van der Waals surface area contributed by atoms with E-state index in [4.69, 9.17) is 0 Å². The number of Topliss-reactive ketones (excluding diaryl/α,β-unsaturated/α-hetero) is 1. The van der Waals surface area contributed by atoms with Crippen molar-refractivity contribution in [3.63, 3.8) is 0 Å². The van der Waals surface area contributed by atoms with E-state index in [0.717, 1.165) is 19.1 Å². The number of fused-ring (bicyclic) bond motifs is 1. The third-order valence-electron chi connectivity index (χ3n) is 3.91. The molecule has 2 saturated heterocycles. The largest absolute Gasteiger partial charge is 0.299 e. The van der Waals surface area contributed by atoms with E-state index in [9.17, 15) is 4.79 Å². The second-order valence-corrected chi connectivity index (χ2v) is 5.54. The third kappa shape index (κ3) is 2.83. The van der Waals surface area contributed by atoms with Crippen molar-refractivity contribution in [2.24, 2.45) is 5.92 Å². The van der Waals surface area contributed by atoms with Gasteiger partial charge in [-0.25, -0.2) is 0 Å². The molecule has 0 aromatic carbocycles. The second kappa shape index (κ2) is 5.28. The van der Waals surface area contributed by atoms with Gasteiger partial charge in [0.2, 0.25) is 0 Å². The smallest absolute Gasteiger partial charge is 0.149 e. The third-order valence-corrected chi connectivity index (χ3v) is 3.91. The first-order valence-corrected chi connectivity index (χ1v) is 6.66. The topological polar surface area (TPSA) is 23.6 Å². The SMILES string of the molecule is CC(C)C(=O)CN1CCCN2CCCC2C1. The lowest BCUT2D eigenvalue weighted by molar-refractivity contribution is -0.123. The highest BCUT2D eigenvalue weighted by Gasteiger charge is 2.29. The van der Waals surface area contributed by atoms with Crippen molar-refractivity contribution in [3.05, 3.63) is 0 Å². The molecule has 0 N–H and O–H groups in total. The zero-order valence-corrected chi connectivity index (χ0v) is 10.6. The fraction of sp³-hybridized carbons (Fsp3) is 0.923. The Hall–Kier alpha value is -0.410. The highest BCUT2D eigenvalue weighted by atomic mass is 16.1. The molecule has 92 valence electrons. The second-order valence-electron chi connectivity index (χ2n) is 5.54. The van der Waals surface area contributed by atoms with Gasteiger partial charge in [0.1, 0.15) is 5.78 Å². The Morgan fingerprint density at radius 1 is 1.25 bits per heavy atom. The normalized spacial score (nSPS) is 28.1. The van der Waals surface area contributed by atoms with E-state index in [1.54, 1.807) is 0 Å². The molecule has 3 heteroatoms. The Kier molecular flexibility index (Phi) is 3.98. The lowest BCUT2D eigenvalue weighted by Crippen LogP contribution is -2.39. The zero-order valence-electron chi connectivity index (χ0n) is 10.6. The van der Waals surface area contributed by atoms with Crippen molar-refractivity contribution >= 4 is 5.78 Å². The van der Waals surface area contributed by atoms with E-state index >= 15 is 0 Å². The molecule has 0 aromatic rings. The van der Waals surface area contributed by atoms with Crippen LogP contribution in [-0.4, -0.2) is 54.3 Å². The number of ketones is 1. The lowest BCUT2D eigenvalue weighted by Gasteiger charge is -2.25. The molecule has 0 aromatic heterocycles. The van der Waals surface area contributed by atoms with Crippen LogP contribution < -0.4 is 0 Å². The Bertz CT molecular complexity index is 252. The van der Waals surface area contributed by atoms with E-state index in [2.05, 4.69) is 9.80 Å². The summed E-state index contributed by atoms with van der Waals surface area (Å²) in [5.41, 5.74) is 0. The van der Waals surface area contributed by atoms with Crippen molar-refractivity contribution in [2.75, 3.05) is 32.7 Å². The fourth-order valence-electron chi connectivity index (χ4n) is 2.83. The summed E-state index contributed by atoms with van der Waals surface area (Å²) < 4.78 is 0. The molecule has 1 atom stereocenters. The average molecular weight is 224 g/mol. The first-order chi connectivity index (χ1) is 7.66. The first kappa shape index (κ1) is 12.1. The number of nitrogens with zero attached hydrogens (tertiary/aromatic N) is 2. The van der Waals surface area contributed by atoms with Crippen molar-refractivity contribution in [1.29, 1.82) is 0 Å². The van der Waals surface area contributed by atoms with Gasteiger partial charge < -0.3 is 0 Å². The van der Waals surface area contributed by atoms with Gasteiger partial charge in [0.25, 0.3) is 0 Å². The highest BCUT2D eigenvalue weighted by molar-refractivity contribution is 5.82. The van der Waals surface area contributed by atoms with Gasteiger partial charge in [-0.2, -0.15) is 0 Å². The Labute approximate surface area is 98.8 Å². The van der Waals surface area contributed by atoms with Crippen molar-refractivity contribution < 1.29 is 4.79 Å². The Morgan fingerprint density at radius 2 is 2.00 bits per heavy atom. The monoisotopic (exact) mass is 224 g/mol. The van der Waals surface area contributed by atoms with E-state index in [0.29, 0.717) is 12.3 Å². The minimum absolute atomic E-state index is 0.183. The van der Waals surface area contributed by atoms with Crippen LogP contribution in [0.25, 0.3) is 0 Å². The van der Waals surface area contributed by atoms with Gasteiger partial charge in [-0.05, 0) is 38.9 Å². The first-order valence-electron chi connectivity index (χ1n) is 6.66. The van der Waals surface area contributed by atoms with Crippen molar-refractivity contribution in [2.45, 2.75) is 39.2 Å². The van der Waals surface area contributed by atoms with Crippen LogP contribution in [-0.2, 0) is 4.79 Å². The van der Waals surface area contributed by atoms with E-state index in [1.807, 2.05) is 13.8 Å². The standard InChI is InChI=1S/C13H24N2O/c1-11(2)13(16)10-14-6-4-8-15-7-3-5-12(15)9-14/h11-12H,3-10H2,1-2H3. The summed E-state index contributed by atoms with van der Waals surface area (Å²) in [4.78, 5) is 16.7. The predicted octanol–water partition coefficient (Wildman–Crippen LogP) is 1.38. The molecule has 0 spiro atoms. The summed E-state index contributed by atoms with van der Waals surface area (Å²) in [5.74, 6) is 0.578. The van der Waals surface area contributed by atoms with Crippen LogP contribution in [0.4, 0.5) is 0 Å². The lowest BCUT2D eigenvalue weighted by atomic mass is 10.1. The molecule has 0 amide bonds. The fourth-order valence-corrected chi connectivity index (χ4v) is 2.83. The van der Waals surface area contributed by atoms with Crippen LogP contribution in [0, 0.1) is 5.92 Å². The molecule has 2 heterocycles. The van der Waals surface area contributed by atoms with Crippen LogP contribution in [0.15, 0.2) is 0 Å². The molecule has 2 fully saturated rings. The quantitative estimate of drug-likeness (QED) is 0.723. The van der Waals surface area contributed by atoms with Crippen LogP contribution in [0.1, 0.15) is 33.1 Å². The number of hydrogen-bond acceptors (Lipinski definition) is 3. The molecule has 0 saturated carbocycles. The molecule has 0 aliphatic carbocycles. The molecule has 0 radical (unpaired) electrons. The number of rotatable bonds is 3.